The first-order chi connectivity index (χ1) is 15.7. The molecule has 3 aliphatic rings. The number of fused-ring (bicyclic) bond motifs is 2. The summed E-state index contributed by atoms with van der Waals surface area (Å²) in [5.74, 6) is 0.904. The molecule has 3 fully saturated rings. The van der Waals surface area contributed by atoms with Crippen LogP contribution in [0.3, 0.4) is 0 Å². The second-order valence-electron chi connectivity index (χ2n) is 8.06. The molecule has 0 unspecified atom stereocenters. The fourth-order valence-corrected chi connectivity index (χ4v) is 4.61. The van der Waals surface area contributed by atoms with Gasteiger partial charge in [-0.1, -0.05) is 11.6 Å². The monoisotopic (exact) mass is 459 g/mol. The van der Waals surface area contributed by atoms with Crippen LogP contribution < -0.4 is 9.64 Å². The highest BCUT2D eigenvalue weighted by molar-refractivity contribution is 6.33. The van der Waals surface area contributed by atoms with Gasteiger partial charge in [0.05, 0.1) is 42.7 Å². The zero-order valence-electron chi connectivity index (χ0n) is 17.1. The maximum absolute atomic E-state index is 9.89. The van der Waals surface area contributed by atoms with Gasteiger partial charge in [0.15, 0.2) is 11.8 Å². The van der Waals surface area contributed by atoms with Crippen LogP contribution in [0.2, 0.25) is 5.02 Å². The van der Waals surface area contributed by atoms with Crippen molar-refractivity contribution >= 4 is 28.6 Å². The van der Waals surface area contributed by atoms with Crippen molar-refractivity contribution in [3.63, 3.8) is 0 Å². The third-order valence-electron chi connectivity index (χ3n) is 6.01. The minimum Gasteiger partial charge on any atom is -0.456 e. The van der Waals surface area contributed by atoms with Crippen LogP contribution in [-0.2, 0) is 14.2 Å². The van der Waals surface area contributed by atoms with Crippen molar-refractivity contribution in [2.75, 3.05) is 44.4 Å². The van der Waals surface area contributed by atoms with Crippen LogP contribution in [0.5, 0.6) is 6.01 Å². The number of H-pyrrole nitrogens is 1. The number of imidazole rings is 1. The van der Waals surface area contributed by atoms with Crippen LogP contribution in [0.15, 0.2) is 24.4 Å². The smallest absolute Gasteiger partial charge is 0.296 e. The molecule has 168 valence electrons. The number of aliphatic hydroxyl groups is 1. The molecule has 0 aliphatic carbocycles. The molecule has 3 aromatic rings. The molecule has 32 heavy (non-hydrogen) atoms. The zero-order valence-corrected chi connectivity index (χ0v) is 17.9. The standard InChI is InChI=1S/C21H22ClN5O5/c22-12-7-13-20(26-21(24-13)32-15-10-31-18-14(28)9-30-19(15)18)25-17(12)11-1-2-16(23-8-11)27-3-5-29-6-4-27/h1-2,7-8,14-15,18-19,28H,3-6,9-10H2,(H,24,25,26)/t14-,15-,18-,19-/m1/s1. The largest absolute Gasteiger partial charge is 0.456 e. The van der Waals surface area contributed by atoms with E-state index in [9.17, 15) is 5.11 Å². The number of rotatable bonds is 4. The zero-order chi connectivity index (χ0) is 21.7. The van der Waals surface area contributed by atoms with Crippen molar-refractivity contribution in [1.82, 2.24) is 19.9 Å². The van der Waals surface area contributed by atoms with Crippen molar-refractivity contribution in [1.29, 1.82) is 0 Å². The summed E-state index contributed by atoms with van der Waals surface area (Å²) < 4.78 is 22.6. The summed E-state index contributed by atoms with van der Waals surface area (Å²) in [5, 5.41) is 10.4. The Morgan fingerprint density at radius 3 is 2.78 bits per heavy atom. The third-order valence-corrected chi connectivity index (χ3v) is 6.29. The van der Waals surface area contributed by atoms with Gasteiger partial charge >= 0.3 is 0 Å². The van der Waals surface area contributed by atoms with Crippen LogP contribution in [0, 0.1) is 0 Å². The van der Waals surface area contributed by atoms with Gasteiger partial charge in [-0.25, -0.2) is 9.97 Å². The predicted molar refractivity (Wildman–Crippen MR) is 115 cm³/mol. The molecule has 3 aliphatic heterocycles. The minimum absolute atomic E-state index is 0.244. The Labute approximate surface area is 188 Å². The number of ether oxygens (including phenoxy) is 4. The van der Waals surface area contributed by atoms with Crippen molar-refractivity contribution in [2.24, 2.45) is 0 Å². The summed E-state index contributed by atoms with van der Waals surface area (Å²) in [5.41, 5.74) is 2.55. The molecule has 10 nitrogen and oxygen atoms in total. The lowest BCUT2D eigenvalue weighted by molar-refractivity contribution is 0.00706. The van der Waals surface area contributed by atoms with Gasteiger partial charge in [0.25, 0.3) is 6.01 Å². The maximum Gasteiger partial charge on any atom is 0.296 e. The topological polar surface area (TPSA) is 115 Å². The van der Waals surface area contributed by atoms with Gasteiger partial charge in [-0.15, -0.1) is 0 Å². The molecule has 3 aromatic heterocycles. The molecular weight excluding hydrogens is 438 g/mol. The van der Waals surface area contributed by atoms with Gasteiger partial charge in [-0.05, 0) is 18.2 Å². The summed E-state index contributed by atoms with van der Waals surface area (Å²) in [4.78, 5) is 19.0. The van der Waals surface area contributed by atoms with Crippen LogP contribution in [0.25, 0.3) is 22.4 Å². The van der Waals surface area contributed by atoms with Crippen molar-refractivity contribution in [3.8, 4) is 17.3 Å². The highest BCUT2D eigenvalue weighted by atomic mass is 35.5. The number of halogens is 1. The van der Waals surface area contributed by atoms with Crippen molar-refractivity contribution < 1.29 is 24.1 Å². The van der Waals surface area contributed by atoms with E-state index in [1.807, 2.05) is 12.1 Å². The number of aliphatic hydroxyl groups excluding tert-OH is 1. The number of hydrogen-bond acceptors (Lipinski definition) is 9. The van der Waals surface area contributed by atoms with E-state index >= 15 is 0 Å². The first kappa shape index (κ1) is 20.1. The van der Waals surface area contributed by atoms with Gasteiger partial charge in [0.1, 0.15) is 24.1 Å². The molecule has 0 amide bonds. The molecule has 0 radical (unpaired) electrons. The number of nitrogens with one attached hydrogen (secondary N) is 1. The fraction of sp³-hybridized carbons (Fsp3) is 0.476. The molecule has 0 spiro atoms. The lowest BCUT2D eigenvalue weighted by atomic mass is 10.1. The van der Waals surface area contributed by atoms with Gasteiger partial charge in [-0.2, -0.15) is 4.98 Å². The quantitative estimate of drug-likeness (QED) is 0.597. The molecule has 6 rings (SSSR count). The summed E-state index contributed by atoms with van der Waals surface area (Å²) in [6, 6.07) is 6.01. The van der Waals surface area contributed by atoms with E-state index < -0.39 is 6.10 Å². The van der Waals surface area contributed by atoms with Gasteiger partial charge in [-0.3, -0.25) is 0 Å². The molecule has 0 bridgehead atoms. The summed E-state index contributed by atoms with van der Waals surface area (Å²) in [6.45, 7) is 3.63. The highest BCUT2D eigenvalue weighted by Gasteiger charge is 2.48. The van der Waals surface area contributed by atoms with Crippen LogP contribution in [0.1, 0.15) is 0 Å². The first-order valence-corrected chi connectivity index (χ1v) is 11.0. The summed E-state index contributed by atoms with van der Waals surface area (Å²) >= 11 is 6.52. The van der Waals surface area contributed by atoms with E-state index in [1.54, 1.807) is 12.3 Å². The number of morpholine rings is 1. The maximum atomic E-state index is 9.89. The lowest BCUT2D eigenvalue weighted by Crippen LogP contribution is -2.36. The van der Waals surface area contributed by atoms with Gasteiger partial charge in [0, 0.05) is 24.8 Å². The summed E-state index contributed by atoms with van der Waals surface area (Å²) in [6.07, 6.45) is 0.103. The Hall–Kier alpha value is -2.50. The average Bonchev–Trinajstić information content (AvgIpc) is 3.51. The SMILES string of the molecule is O[C@@H]1CO[C@H]2[C@@H]1OC[C@H]2Oc1nc2nc(-c3ccc(N4CCOCC4)nc3)c(Cl)cc2[nH]1. The molecule has 0 saturated carbocycles. The van der Waals surface area contributed by atoms with Crippen LogP contribution in [-0.4, -0.2) is 89.0 Å². The van der Waals surface area contributed by atoms with Crippen LogP contribution >= 0.6 is 11.6 Å². The Morgan fingerprint density at radius 1 is 1.12 bits per heavy atom. The molecule has 11 heteroatoms. The fourth-order valence-electron chi connectivity index (χ4n) is 4.35. The molecular formula is C21H22ClN5O5. The van der Waals surface area contributed by atoms with E-state index in [0.717, 1.165) is 24.5 Å². The van der Waals surface area contributed by atoms with Crippen molar-refractivity contribution in [3.05, 3.63) is 29.4 Å². The number of aromatic amines is 1. The Morgan fingerprint density at radius 2 is 1.97 bits per heavy atom. The summed E-state index contributed by atoms with van der Waals surface area (Å²) in [7, 11) is 0. The van der Waals surface area contributed by atoms with Crippen molar-refractivity contribution in [2.45, 2.75) is 24.4 Å². The van der Waals surface area contributed by atoms with Gasteiger partial charge in [0.2, 0.25) is 0 Å². The second-order valence-corrected chi connectivity index (χ2v) is 8.46. The number of aromatic nitrogens is 4. The average molecular weight is 460 g/mol. The number of nitrogens with zero attached hydrogens (tertiary/aromatic N) is 4. The molecule has 3 saturated heterocycles. The van der Waals surface area contributed by atoms with E-state index in [4.69, 9.17) is 30.5 Å². The first-order valence-electron chi connectivity index (χ1n) is 10.6. The minimum atomic E-state index is -0.629. The van der Waals surface area contributed by atoms with E-state index in [2.05, 4.69) is 24.8 Å². The molecule has 0 aromatic carbocycles. The number of pyridine rings is 2. The van der Waals surface area contributed by atoms with Gasteiger partial charge < -0.3 is 33.9 Å². The van der Waals surface area contributed by atoms with E-state index in [-0.39, 0.29) is 24.9 Å². The Kier molecular flexibility index (Phi) is 5.11. The normalized spacial score (nSPS) is 27.8. The molecule has 4 atom stereocenters. The van der Waals surface area contributed by atoms with E-state index in [0.29, 0.717) is 47.7 Å². The highest BCUT2D eigenvalue weighted by Crippen LogP contribution is 2.32. The number of hydrogen-bond donors (Lipinski definition) is 2. The lowest BCUT2D eigenvalue weighted by Gasteiger charge is -2.27. The number of anilines is 1. The molecule has 6 heterocycles. The van der Waals surface area contributed by atoms with Crippen LogP contribution in [0.4, 0.5) is 5.82 Å². The second kappa shape index (κ2) is 8.13. The molecule has 2 N–H and O–H groups in total. The predicted octanol–water partition coefficient (Wildman–Crippen LogP) is 1.42. The third kappa shape index (κ3) is 3.57. The Balaban J connectivity index is 1.23. The van der Waals surface area contributed by atoms with E-state index in [1.165, 1.54) is 0 Å². The Bertz CT molecular complexity index is 1120.